The molecule has 0 unspecified atom stereocenters. The number of carboxylic acid groups (broad SMARTS) is 1. The second kappa shape index (κ2) is 3.58. The number of carbonyl (C=O) groups is 1. The summed E-state index contributed by atoms with van der Waals surface area (Å²) >= 11 is 0. The van der Waals surface area contributed by atoms with Crippen molar-refractivity contribution in [3.8, 4) is 0 Å². The average molecular weight is 244 g/mol. The third-order valence-corrected chi connectivity index (χ3v) is 4.24. The minimum Gasteiger partial charge on any atom is -0.476 e. The van der Waals surface area contributed by atoms with Gasteiger partial charge in [0.25, 0.3) is 0 Å². The van der Waals surface area contributed by atoms with Gasteiger partial charge in [-0.3, -0.25) is 4.68 Å². The van der Waals surface area contributed by atoms with Crippen LogP contribution in [0.15, 0.2) is 0 Å². The Bertz CT molecular complexity index is 544. The fourth-order valence-electron chi connectivity index (χ4n) is 1.94. The Labute approximate surface area is 92.8 Å². The Balaban J connectivity index is 2.60. The highest BCUT2D eigenvalue weighted by molar-refractivity contribution is 7.90. The van der Waals surface area contributed by atoms with E-state index in [1.807, 2.05) is 6.92 Å². The minimum atomic E-state index is -3.16. The molecule has 2 rings (SSSR count). The van der Waals surface area contributed by atoms with Crippen LogP contribution in [-0.2, 0) is 28.6 Å². The van der Waals surface area contributed by atoms with Crippen molar-refractivity contribution in [1.29, 1.82) is 0 Å². The van der Waals surface area contributed by atoms with Crippen LogP contribution < -0.4 is 0 Å². The molecule has 1 aliphatic heterocycles. The first-order chi connectivity index (χ1) is 7.44. The number of aromatic carboxylic acids is 1. The molecule has 1 aliphatic rings. The van der Waals surface area contributed by atoms with Gasteiger partial charge in [-0.05, 0) is 6.92 Å². The average Bonchev–Trinajstić information content (AvgIpc) is 2.53. The Morgan fingerprint density at radius 2 is 2.25 bits per heavy atom. The molecular weight excluding hydrogens is 232 g/mol. The van der Waals surface area contributed by atoms with Crippen LogP contribution in [0.1, 0.15) is 28.7 Å². The van der Waals surface area contributed by atoms with Crippen LogP contribution in [0.2, 0.25) is 0 Å². The quantitative estimate of drug-likeness (QED) is 0.795. The first-order valence-electron chi connectivity index (χ1n) is 4.97. The first-order valence-corrected chi connectivity index (χ1v) is 6.79. The molecule has 0 aliphatic carbocycles. The van der Waals surface area contributed by atoms with E-state index in [9.17, 15) is 13.2 Å². The van der Waals surface area contributed by atoms with Crippen LogP contribution >= 0.6 is 0 Å². The normalized spacial score (nSPS) is 18.1. The molecule has 88 valence electrons. The van der Waals surface area contributed by atoms with E-state index >= 15 is 0 Å². The predicted molar refractivity (Wildman–Crippen MR) is 56.1 cm³/mol. The van der Waals surface area contributed by atoms with Crippen molar-refractivity contribution in [3.05, 3.63) is 17.0 Å². The van der Waals surface area contributed by atoms with Crippen LogP contribution in [0.3, 0.4) is 0 Å². The molecule has 1 N–H and O–H groups in total. The molecule has 1 aromatic heterocycles. The van der Waals surface area contributed by atoms with Crippen LogP contribution in [-0.4, -0.2) is 35.0 Å². The van der Waals surface area contributed by atoms with Crippen LogP contribution in [0.4, 0.5) is 0 Å². The van der Waals surface area contributed by atoms with Crippen molar-refractivity contribution < 1.29 is 18.3 Å². The third kappa shape index (κ3) is 1.71. The minimum absolute atomic E-state index is 0.0742. The highest BCUT2D eigenvalue weighted by Crippen LogP contribution is 2.24. The summed E-state index contributed by atoms with van der Waals surface area (Å²) < 4.78 is 24.5. The first kappa shape index (κ1) is 11.1. The highest BCUT2D eigenvalue weighted by Gasteiger charge is 2.30. The Kier molecular flexibility index (Phi) is 2.49. The smallest absolute Gasteiger partial charge is 0.356 e. The Morgan fingerprint density at radius 1 is 1.56 bits per heavy atom. The van der Waals surface area contributed by atoms with Crippen molar-refractivity contribution in [1.82, 2.24) is 9.78 Å². The van der Waals surface area contributed by atoms with Gasteiger partial charge in [0.2, 0.25) is 0 Å². The van der Waals surface area contributed by atoms with Crippen LogP contribution in [0.25, 0.3) is 0 Å². The van der Waals surface area contributed by atoms with E-state index in [-0.39, 0.29) is 17.2 Å². The molecule has 0 saturated heterocycles. The number of rotatable bonds is 2. The van der Waals surface area contributed by atoms with E-state index in [0.717, 1.165) is 5.69 Å². The van der Waals surface area contributed by atoms with Crippen molar-refractivity contribution in [2.75, 3.05) is 5.75 Å². The summed E-state index contributed by atoms with van der Waals surface area (Å²) in [6, 6.07) is 0. The number of aryl methyl sites for hydroxylation is 1. The molecule has 0 amide bonds. The number of sulfone groups is 1. The summed E-state index contributed by atoms with van der Waals surface area (Å²) in [7, 11) is -3.16. The van der Waals surface area contributed by atoms with Gasteiger partial charge < -0.3 is 5.11 Å². The number of hydrogen-bond donors (Lipinski definition) is 1. The number of carboxylic acids is 1. The number of fused-ring (bicyclic) bond motifs is 1. The van der Waals surface area contributed by atoms with Crippen molar-refractivity contribution in [2.45, 2.75) is 25.6 Å². The van der Waals surface area contributed by atoms with Crippen molar-refractivity contribution >= 4 is 15.8 Å². The zero-order valence-electron chi connectivity index (χ0n) is 8.80. The second-order valence-corrected chi connectivity index (χ2v) is 5.92. The number of aromatic nitrogens is 2. The summed E-state index contributed by atoms with van der Waals surface area (Å²) in [5.41, 5.74) is 0.982. The molecule has 1 aromatic rings. The van der Waals surface area contributed by atoms with E-state index in [1.54, 1.807) is 4.68 Å². The van der Waals surface area contributed by atoms with E-state index in [4.69, 9.17) is 5.11 Å². The molecule has 7 heteroatoms. The summed E-state index contributed by atoms with van der Waals surface area (Å²) in [5, 5.41) is 12.9. The molecule has 0 fully saturated rings. The van der Waals surface area contributed by atoms with Gasteiger partial charge in [0.05, 0.1) is 11.5 Å². The molecule has 0 saturated carbocycles. The lowest BCUT2D eigenvalue weighted by Crippen LogP contribution is -2.21. The van der Waals surface area contributed by atoms with Gasteiger partial charge in [-0.25, -0.2) is 13.2 Å². The van der Waals surface area contributed by atoms with Gasteiger partial charge in [0, 0.05) is 24.2 Å². The highest BCUT2D eigenvalue weighted by atomic mass is 32.2. The van der Waals surface area contributed by atoms with Gasteiger partial charge in [0.1, 0.15) is 0 Å². The topological polar surface area (TPSA) is 89.3 Å². The second-order valence-electron chi connectivity index (χ2n) is 3.74. The fraction of sp³-hybridized carbons (Fsp3) is 0.556. The summed E-state index contributed by atoms with van der Waals surface area (Å²) in [6.45, 7) is 2.40. The maximum Gasteiger partial charge on any atom is 0.356 e. The van der Waals surface area contributed by atoms with Crippen LogP contribution in [0, 0.1) is 0 Å². The zero-order valence-corrected chi connectivity index (χ0v) is 9.62. The monoisotopic (exact) mass is 244 g/mol. The largest absolute Gasteiger partial charge is 0.476 e. The molecule has 2 heterocycles. The molecule has 0 aromatic carbocycles. The standard InChI is InChI=1S/C9H12N2O4S/c1-2-11-7-3-4-16(14,15)5-6(7)8(10-11)9(12)13/h2-5H2,1H3,(H,12,13). The lowest BCUT2D eigenvalue weighted by Gasteiger charge is -2.13. The van der Waals surface area contributed by atoms with E-state index in [2.05, 4.69) is 5.10 Å². The van der Waals surface area contributed by atoms with Crippen molar-refractivity contribution in [3.63, 3.8) is 0 Å². The molecule has 16 heavy (non-hydrogen) atoms. The molecule has 0 atom stereocenters. The lowest BCUT2D eigenvalue weighted by molar-refractivity contribution is 0.0688. The summed E-state index contributed by atoms with van der Waals surface area (Å²) in [6.07, 6.45) is 0.353. The zero-order chi connectivity index (χ0) is 11.9. The number of nitrogens with zero attached hydrogens (tertiary/aromatic N) is 2. The van der Waals surface area contributed by atoms with E-state index in [1.165, 1.54) is 0 Å². The Morgan fingerprint density at radius 3 is 2.81 bits per heavy atom. The van der Waals surface area contributed by atoms with E-state index in [0.29, 0.717) is 18.5 Å². The molecule has 0 radical (unpaired) electrons. The van der Waals surface area contributed by atoms with Gasteiger partial charge >= 0.3 is 5.97 Å². The predicted octanol–water partition coefficient (Wildman–Crippen LogP) is 0.0721. The van der Waals surface area contributed by atoms with Gasteiger partial charge in [0.15, 0.2) is 15.5 Å². The summed E-state index contributed by atoms with van der Waals surface area (Å²) in [5.74, 6) is -1.30. The van der Waals surface area contributed by atoms with Gasteiger partial charge in [-0.1, -0.05) is 0 Å². The Hall–Kier alpha value is -1.37. The molecule has 0 spiro atoms. The maximum atomic E-state index is 11.5. The van der Waals surface area contributed by atoms with Gasteiger partial charge in [-0.2, -0.15) is 5.10 Å². The summed E-state index contributed by atoms with van der Waals surface area (Å²) in [4.78, 5) is 10.9. The fourth-order valence-corrected chi connectivity index (χ4v) is 3.34. The SMILES string of the molecule is CCn1nc(C(=O)O)c2c1CCS(=O)(=O)C2. The van der Waals surface area contributed by atoms with Crippen molar-refractivity contribution in [2.24, 2.45) is 0 Å². The van der Waals surface area contributed by atoms with Gasteiger partial charge in [-0.15, -0.1) is 0 Å². The van der Waals surface area contributed by atoms with E-state index < -0.39 is 15.8 Å². The lowest BCUT2D eigenvalue weighted by atomic mass is 10.1. The molecule has 0 bridgehead atoms. The third-order valence-electron chi connectivity index (χ3n) is 2.68. The molecule has 6 nitrogen and oxygen atoms in total. The maximum absolute atomic E-state index is 11.5. The molecular formula is C9H12N2O4S. The number of hydrogen-bond acceptors (Lipinski definition) is 4. The van der Waals surface area contributed by atoms with Crippen LogP contribution in [0.5, 0.6) is 0 Å².